The first-order chi connectivity index (χ1) is 13.3. The normalized spacial score (nSPS) is 16.8. The SMILES string of the molecule is COc1ccc(S(=O)(=O)NC2CCOC2)cc1C(=O)Nc1ncc(Cl)cc1F. The van der Waals surface area contributed by atoms with Gasteiger partial charge in [-0.15, -0.1) is 0 Å². The van der Waals surface area contributed by atoms with Gasteiger partial charge in [0.1, 0.15) is 5.75 Å². The molecule has 0 saturated carbocycles. The van der Waals surface area contributed by atoms with Crippen LogP contribution in [0.1, 0.15) is 16.8 Å². The number of nitrogens with zero attached hydrogens (tertiary/aromatic N) is 1. The lowest BCUT2D eigenvalue weighted by molar-refractivity contribution is 0.102. The van der Waals surface area contributed by atoms with Crippen molar-refractivity contribution in [1.82, 2.24) is 9.71 Å². The van der Waals surface area contributed by atoms with E-state index in [-0.39, 0.29) is 39.7 Å². The first kappa shape index (κ1) is 20.5. The Kier molecular flexibility index (Phi) is 6.14. The second-order valence-corrected chi connectivity index (χ2v) is 8.13. The third-order valence-corrected chi connectivity index (χ3v) is 5.74. The van der Waals surface area contributed by atoms with Crippen LogP contribution in [0.15, 0.2) is 35.4 Å². The number of nitrogens with one attached hydrogen (secondary N) is 2. The lowest BCUT2D eigenvalue weighted by Gasteiger charge is -2.14. The van der Waals surface area contributed by atoms with Gasteiger partial charge in [-0.2, -0.15) is 0 Å². The third kappa shape index (κ3) is 4.58. The summed E-state index contributed by atoms with van der Waals surface area (Å²) in [6.07, 6.45) is 1.73. The van der Waals surface area contributed by atoms with Crippen LogP contribution in [0.3, 0.4) is 0 Å². The molecule has 2 heterocycles. The summed E-state index contributed by atoms with van der Waals surface area (Å²) in [4.78, 5) is 16.2. The predicted molar refractivity (Wildman–Crippen MR) is 99.7 cm³/mol. The average molecular weight is 430 g/mol. The number of sulfonamides is 1. The summed E-state index contributed by atoms with van der Waals surface area (Å²) in [6, 6.07) is 4.47. The van der Waals surface area contributed by atoms with Crippen LogP contribution < -0.4 is 14.8 Å². The van der Waals surface area contributed by atoms with E-state index in [4.69, 9.17) is 21.1 Å². The van der Waals surface area contributed by atoms with Gasteiger partial charge in [0.2, 0.25) is 10.0 Å². The van der Waals surface area contributed by atoms with Crippen molar-refractivity contribution >= 4 is 33.3 Å². The molecule has 2 N–H and O–H groups in total. The highest BCUT2D eigenvalue weighted by molar-refractivity contribution is 7.89. The lowest BCUT2D eigenvalue weighted by atomic mass is 10.2. The van der Waals surface area contributed by atoms with Gasteiger partial charge in [-0.1, -0.05) is 11.6 Å². The maximum Gasteiger partial charge on any atom is 0.260 e. The number of amides is 1. The standard InChI is InChI=1S/C17H17ClFN3O5S/c1-26-15-3-2-12(28(24,25)22-11-4-5-27-9-11)7-13(15)17(23)21-16-14(19)6-10(18)8-20-16/h2-3,6-8,11,22H,4-5,9H2,1H3,(H,20,21,23). The van der Waals surface area contributed by atoms with Crippen molar-refractivity contribution in [3.8, 4) is 5.75 Å². The zero-order valence-electron chi connectivity index (χ0n) is 14.7. The van der Waals surface area contributed by atoms with E-state index in [2.05, 4.69) is 15.0 Å². The Bertz CT molecular complexity index is 996. The van der Waals surface area contributed by atoms with Crippen LogP contribution in [0.2, 0.25) is 5.02 Å². The average Bonchev–Trinajstić information content (AvgIpc) is 3.15. The van der Waals surface area contributed by atoms with Crippen LogP contribution in [-0.4, -0.2) is 45.7 Å². The number of carbonyl (C=O) groups excluding carboxylic acids is 1. The first-order valence-electron chi connectivity index (χ1n) is 8.20. The molecular weight excluding hydrogens is 413 g/mol. The molecular formula is C17H17ClFN3O5S. The summed E-state index contributed by atoms with van der Waals surface area (Å²) in [6.45, 7) is 0.757. The molecule has 1 amide bonds. The van der Waals surface area contributed by atoms with Crippen LogP contribution in [0.5, 0.6) is 5.75 Å². The highest BCUT2D eigenvalue weighted by atomic mass is 35.5. The molecule has 3 rings (SSSR count). The molecule has 1 fully saturated rings. The number of aromatic nitrogens is 1. The van der Waals surface area contributed by atoms with E-state index in [1.54, 1.807) is 0 Å². The van der Waals surface area contributed by atoms with Gasteiger partial charge in [0.25, 0.3) is 5.91 Å². The van der Waals surface area contributed by atoms with Crippen LogP contribution in [-0.2, 0) is 14.8 Å². The summed E-state index contributed by atoms with van der Waals surface area (Å²) in [5, 5.41) is 2.35. The fourth-order valence-electron chi connectivity index (χ4n) is 2.63. The second-order valence-electron chi connectivity index (χ2n) is 5.98. The monoisotopic (exact) mass is 429 g/mol. The molecule has 0 radical (unpaired) electrons. The van der Waals surface area contributed by atoms with Crippen LogP contribution in [0.25, 0.3) is 0 Å². The molecule has 1 aliphatic rings. The smallest absolute Gasteiger partial charge is 0.260 e. The highest BCUT2D eigenvalue weighted by Crippen LogP contribution is 2.25. The minimum Gasteiger partial charge on any atom is -0.496 e. The van der Waals surface area contributed by atoms with Gasteiger partial charge in [0.05, 0.1) is 29.2 Å². The molecule has 0 spiro atoms. The van der Waals surface area contributed by atoms with Gasteiger partial charge >= 0.3 is 0 Å². The number of methoxy groups -OCH3 is 1. The Morgan fingerprint density at radius 1 is 1.39 bits per heavy atom. The molecule has 8 nitrogen and oxygen atoms in total. The van der Waals surface area contributed by atoms with Crippen molar-refractivity contribution in [3.05, 3.63) is 46.9 Å². The van der Waals surface area contributed by atoms with Gasteiger partial charge in [0.15, 0.2) is 11.6 Å². The van der Waals surface area contributed by atoms with Gasteiger partial charge in [-0.05, 0) is 30.7 Å². The van der Waals surface area contributed by atoms with Gasteiger partial charge in [0, 0.05) is 18.8 Å². The first-order valence-corrected chi connectivity index (χ1v) is 10.1. The maximum atomic E-state index is 13.9. The van der Waals surface area contributed by atoms with E-state index in [9.17, 15) is 17.6 Å². The second kappa shape index (κ2) is 8.39. The molecule has 1 unspecified atom stereocenters. The number of hydrogen-bond acceptors (Lipinski definition) is 6. The lowest BCUT2D eigenvalue weighted by Crippen LogP contribution is -2.35. The Morgan fingerprint density at radius 2 is 2.18 bits per heavy atom. The quantitative estimate of drug-likeness (QED) is 0.729. The van der Waals surface area contributed by atoms with E-state index in [0.717, 1.165) is 12.1 Å². The largest absolute Gasteiger partial charge is 0.496 e. The summed E-state index contributed by atoms with van der Waals surface area (Å²) < 4.78 is 51.9. The van der Waals surface area contributed by atoms with Crippen LogP contribution in [0.4, 0.5) is 10.2 Å². The van der Waals surface area contributed by atoms with Crippen molar-refractivity contribution in [3.63, 3.8) is 0 Å². The third-order valence-electron chi connectivity index (χ3n) is 4.02. The number of benzene rings is 1. The number of rotatable bonds is 6. The Balaban J connectivity index is 1.88. The van der Waals surface area contributed by atoms with Gasteiger partial charge < -0.3 is 14.8 Å². The molecule has 1 aliphatic heterocycles. The fourth-order valence-corrected chi connectivity index (χ4v) is 4.05. The number of halogens is 2. The maximum absolute atomic E-state index is 13.9. The van der Waals surface area contributed by atoms with Crippen LogP contribution >= 0.6 is 11.6 Å². The Labute approximate surface area is 166 Å². The van der Waals surface area contributed by atoms with E-state index in [1.807, 2.05) is 0 Å². The van der Waals surface area contributed by atoms with Gasteiger partial charge in [-0.3, -0.25) is 4.79 Å². The van der Waals surface area contributed by atoms with Crippen molar-refractivity contribution in [2.45, 2.75) is 17.4 Å². The van der Waals surface area contributed by atoms with E-state index in [0.29, 0.717) is 13.0 Å². The number of hydrogen-bond donors (Lipinski definition) is 2. The van der Waals surface area contributed by atoms with Crippen molar-refractivity contribution in [2.75, 3.05) is 25.6 Å². The molecule has 28 heavy (non-hydrogen) atoms. The predicted octanol–water partition coefficient (Wildman–Crippen LogP) is 2.20. The van der Waals surface area contributed by atoms with Crippen molar-refractivity contribution in [1.29, 1.82) is 0 Å². The zero-order valence-corrected chi connectivity index (χ0v) is 16.3. The fraction of sp³-hybridized carbons (Fsp3) is 0.294. The summed E-state index contributed by atoms with van der Waals surface area (Å²) in [7, 11) is -2.56. The molecule has 1 saturated heterocycles. The minimum atomic E-state index is -3.88. The summed E-state index contributed by atoms with van der Waals surface area (Å²) in [5.74, 6) is -1.83. The Morgan fingerprint density at radius 3 is 2.82 bits per heavy atom. The van der Waals surface area contributed by atoms with E-state index >= 15 is 0 Å². The molecule has 11 heteroatoms. The molecule has 0 bridgehead atoms. The molecule has 1 aromatic carbocycles. The molecule has 0 aliphatic carbocycles. The van der Waals surface area contributed by atoms with Crippen molar-refractivity contribution in [2.24, 2.45) is 0 Å². The highest BCUT2D eigenvalue weighted by Gasteiger charge is 2.25. The Hall–Kier alpha value is -2.27. The minimum absolute atomic E-state index is 0.0723. The summed E-state index contributed by atoms with van der Waals surface area (Å²) in [5.41, 5.74) is -0.0933. The van der Waals surface area contributed by atoms with Crippen molar-refractivity contribution < 1.29 is 27.1 Å². The summed E-state index contributed by atoms with van der Waals surface area (Å²) >= 11 is 5.64. The molecule has 1 aromatic heterocycles. The number of ether oxygens (including phenoxy) is 2. The van der Waals surface area contributed by atoms with E-state index < -0.39 is 21.7 Å². The van der Waals surface area contributed by atoms with Crippen LogP contribution in [0, 0.1) is 5.82 Å². The molecule has 2 aromatic rings. The number of carbonyl (C=O) groups is 1. The zero-order chi connectivity index (χ0) is 20.3. The van der Waals surface area contributed by atoms with E-state index in [1.165, 1.54) is 25.4 Å². The molecule has 1 atom stereocenters. The topological polar surface area (TPSA) is 107 Å². The number of anilines is 1. The molecule has 150 valence electrons. The number of pyridine rings is 1. The van der Waals surface area contributed by atoms with Gasteiger partial charge in [-0.25, -0.2) is 22.5 Å².